The van der Waals surface area contributed by atoms with Gasteiger partial charge in [-0.05, 0) is 42.8 Å². The lowest BCUT2D eigenvalue weighted by Crippen LogP contribution is -2.59. The summed E-state index contributed by atoms with van der Waals surface area (Å²) in [5.41, 5.74) is 3.03. The summed E-state index contributed by atoms with van der Waals surface area (Å²) in [6, 6.07) is 16.8. The molecular formula is C30H23ClF2N8O3. The SMILES string of the molecule is N#Cc1cc(C#N)cc(N(C(=O)[C@@H]2CCC(=O)N2c2cc(C#N)ccn2)[C@@H](c2ccccc2Cl)N(O)NC2CC(F)(F)C2)c1. The number of amides is 2. The van der Waals surface area contributed by atoms with Gasteiger partial charge in [0.15, 0.2) is 6.17 Å². The third-order valence-corrected chi connectivity index (χ3v) is 7.72. The third-order valence-electron chi connectivity index (χ3n) is 7.37. The van der Waals surface area contributed by atoms with Crippen LogP contribution in [-0.2, 0) is 9.59 Å². The normalized spacial score (nSPS) is 18.2. The largest absolute Gasteiger partial charge is 0.297 e. The van der Waals surface area contributed by atoms with Gasteiger partial charge in [-0.25, -0.2) is 19.2 Å². The number of nitrogens with one attached hydrogen (secondary N) is 1. The molecule has 2 heterocycles. The van der Waals surface area contributed by atoms with Gasteiger partial charge in [0.05, 0.1) is 34.9 Å². The van der Waals surface area contributed by atoms with E-state index in [9.17, 15) is 39.4 Å². The highest BCUT2D eigenvalue weighted by Gasteiger charge is 2.48. The molecule has 0 bridgehead atoms. The number of anilines is 2. The van der Waals surface area contributed by atoms with E-state index >= 15 is 0 Å². The summed E-state index contributed by atoms with van der Waals surface area (Å²) in [5.74, 6) is -4.08. The van der Waals surface area contributed by atoms with Gasteiger partial charge >= 0.3 is 0 Å². The van der Waals surface area contributed by atoms with Crippen molar-refractivity contribution in [3.05, 3.63) is 88.1 Å². The predicted molar refractivity (Wildman–Crippen MR) is 152 cm³/mol. The molecule has 0 unspecified atom stereocenters. The van der Waals surface area contributed by atoms with Crippen LogP contribution in [0.5, 0.6) is 0 Å². The average Bonchev–Trinajstić information content (AvgIpc) is 3.39. The van der Waals surface area contributed by atoms with Crippen LogP contribution in [0.25, 0.3) is 0 Å². The highest BCUT2D eigenvalue weighted by atomic mass is 35.5. The highest BCUT2D eigenvalue weighted by Crippen LogP contribution is 2.40. The van der Waals surface area contributed by atoms with Crippen molar-refractivity contribution in [2.75, 3.05) is 9.80 Å². The molecular weight excluding hydrogens is 594 g/mol. The lowest BCUT2D eigenvalue weighted by atomic mass is 9.89. The molecule has 44 heavy (non-hydrogen) atoms. The lowest BCUT2D eigenvalue weighted by molar-refractivity contribution is -0.209. The van der Waals surface area contributed by atoms with Crippen molar-refractivity contribution in [3.8, 4) is 18.2 Å². The number of nitriles is 3. The molecule has 2 N–H and O–H groups in total. The van der Waals surface area contributed by atoms with Crippen molar-refractivity contribution in [2.24, 2.45) is 0 Å². The Hall–Kier alpha value is -4.97. The standard InChI is InChI=1S/C30H23ClF2N8O3/c31-24-4-2-1-3-23(24)28(41(44)38-21-13-30(32,33)14-21)39(22-10-19(16-35)9-20(11-22)17-36)29(43)25-5-6-27(42)40(25)26-12-18(15-34)7-8-37-26/h1-4,7-12,21,25,28,38,44H,5-6,13-14H2/t25-,28+/m0/s1. The molecule has 2 fully saturated rings. The molecule has 11 nitrogen and oxygen atoms in total. The molecule has 3 aromatic rings. The maximum absolute atomic E-state index is 14.7. The summed E-state index contributed by atoms with van der Waals surface area (Å²) < 4.78 is 27.4. The number of hydrazine groups is 1. The maximum atomic E-state index is 14.7. The fourth-order valence-corrected chi connectivity index (χ4v) is 5.56. The van der Waals surface area contributed by atoms with E-state index in [0.717, 1.165) is 9.80 Å². The van der Waals surface area contributed by atoms with Crippen molar-refractivity contribution in [3.63, 3.8) is 0 Å². The molecule has 222 valence electrons. The Morgan fingerprint density at radius 3 is 2.34 bits per heavy atom. The topological polar surface area (TPSA) is 160 Å². The first-order valence-electron chi connectivity index (χ1n) is 13.4. The van der Waals surface area contributed by atoms with Crippen LogP contribution in [-0.4, -0.2) is 45.2 Å². The van der Waals surface area contributed by atoms with E-state index in [-0.39, 0.29) is 51.6 Å². The number of carbonyl (C=O) groups is 2. The number of alkyl halides is 2. The summed E-state index contributed by atoms with van der Waals surface area (Å²) in [7, 11) is 0. The maximum Gasteiger partial charge on any atom is 0.251 e. The summed E-state index contributed by atoms with van der Waals surface area (Å²) in [4.78, 5) is 34.2. The van der Waals surface area contributed by atoms with Gasteiger partial charge in [-0.1, -0.05) is 35.0 Å². The van der Waals surface area contributed by atoms with Gasteiger partial charge in [0, 0.05) is 47.8 Å². The minimum absolute atomic E-state index is 0.00616. The number of pyridine rings is 1. The van der Waals surface area contributed by atoms with Gasteiger partial charge in [-0.2, -0.15) is 15.8 Å². The van der Waals surface area contributed by atoms with E-state index in [1.165, 1.54) is 48.7 Å². The Labute approximate surface area is 255 Å². The minimum atomic E-state index is -2.92. The van der Waals surface area contributed by atoms with Crippen LogP contribution in [0.3, 0.4) is 0 Å². The molecule has 1 aromatic heterocycles. The Morgan fingerprint density at radius 1 is 1.07 bits per heavy atom. The molecule has 2 atom stereocenters. The van der Waals surface area contributed by atoms with E-state index in [4.69, 9.17) is 11.6 Å². The van der Waals surface area contributed by atoms with E-state index in [0.29, 0.717) is 5.17 Å². The Balaban J connectivity index is 1.67. The highest BCUT2D eigenvalue weighted by molar-refractivity contribution is 6.31. The van der Waals surface area contributed by atoms with Crippen LogP contribution in [0.4, 0.5) is 20.3 Å². The Kier molecular flexibility index (Phi) is 8.54. The van der Waals surface area contributed by atoms with Gasteiger partial charge in [0.1, 0.15) is 11.9 Å². The second kappa shape index (κ2) is 12.3. The van der Waals surface area contributed by atoms with Crippen LogP contribution in [0.2, 0.25) is 5.02 Å². The van der Waals surface area contributed by atoms with Gasteiger partial charge in [-0.15, -0.1) is 0 Å². The number of nitrogens with zero attached hydrogens (tertiary/aromatic N) is 7. The number of benzene rings is 2. The molecule has 5 rings (SSSR count). The molecule has 1 aliphatic carbocycles. The van der Waals surface area contributed by atoms with Crippen LogP contribution in [0, 0.1) is 34.0 Å². The van der Waals surface area contributed by atoms with Crippen molar-refractivity contribution in [1.29, 1.82) is 15.8 Å². The van der Waals surface area contributed by atoms with E-state index in [1.807, 2.05) is 18.2 Å². The quantitative estimate of drug-likeness (QED) is 0.273. The number of hydrogen-bond donors (Lipinski definition) is 2. The van der Waals surface area contributed by atoms with Crippen molar-refractivity contribution in [2.45, 2.75) is 49.9 Å². The summed E-state index contributed by atoms with van der Waals surface area (Å²) in [5, 5.41) is 40.8. The number of hydrogen-bond acceptors (Lipinski definition) is 9. The van der Waals surface area contributed by atoms with Crippen LogP contribution < -0.4 is 15.2 Å². The fraction of sp³-hybridized carbons (Fsp3) is 0.267. The summed E-state index contributed by atoms with van der Waals surface area (Å²) >= 11 is 6.55. The Bertz CT molecular complexity index is 1710. The average molecular weight is 617 g/mol. The van der Waals surface area contributed by atoms with Crippen LogP contribution >= 0.6 is 11.6 Å². The molecule has 1 saturated heterocycles. The lowest BCUT2D eigenvalue weighted by Gasteiger charge is -2.43. The number of aromatic nitrogens is 1. The van der Waals surface area contributed by atoms with Crippen LogP contribution in [0.15, 0.2) is 60.8 Å². The number of carbonyl (C=O) groups excluding carboxylic acids is 2. The zero-order valence-electron chi connectivity index (χ0n) is 22.9. The van der Waals surface area contributed by atoms with Crippen LogP contribution in [0.1, 0.15) is 54.1 Å². The zero-order chi connectivity index (χ0) is 31.6. The monoisotopic (exact) mass is 616 g/mol. The van der Waals surface area contributed by atoms with E-state index in [2.05, 4.69) is 10.4 Å². The van der Waals surface area contributed by atoms with Gasteiger partial charge in [-0.3, -0.25) is 24.6 Å². The smallest absolute Gasteiger partial charge is 0.251 e. The number of hydroxylamine groups is 1. The minimum Gasteiger partial charge on any atom is -0.297 e. The summed E-state index contributed by atoms with van der Waals surface area (Å²) in [6.45, 7) is 0. The second-order valence-electron chi connectivity index (χ2n) is 10.4. The molecule has 0 spiro atoms. The molecule has 1 saturated carbocycles. The first-order valence-corrected chi connectivity index (χ1v) is 13.8. The van der Waals surface area contributed by atoms with Crippen molar-refractivity contribution >= 4 is 34.9 Å². The molecule has 2 aliphatic rings. The van der Waals surface area contributed by atoms with Gasteiger partial charge in [0.2, 0.25) is 5.91 Å². The van der Waals surface area contributed by atoms with Crippen molar-refractivity contribution in [1.82, 2.24) is 15.6 Å². The molecule has 2 amide bonds. The third kappa shape index (κ3) is 6.06. The van der Waals surface area contributed by atoms with Gasteiger partial charge < -0.3 is 0 Å². The molecule has 2 aromatic carbocycles. The molecule has 1 aliphatic heterocycles. The Morgan fingerprint density at radius 2 is 1.73 bits per heavy atom. The van der Waals surface area contributed by atoms with E-state index < -0.39 is 48.8 Å². The summed E-state index contributed by atoms with van der Waals surface area (Å²) in [6.07, 6.45) is -1.35. The predicted octanol–water partition coefficient (Wildman–Crippen LogP) is 4.57. The second-order valence-corrected chi connectivity index (χ2v) is 10.8. The molecule has 14 heteroatoms. The van der Waals surface area contributed by atoms with Crippen molar-refractivity contribution < 1.29 is 23.6 Å². The molecule has 0 radical (unpaired) electrons. The number of halogens is 3. The van der Waals surface area contributed by atoms with E-state index in [1.54, 1.807) is 12.1 Å². The zero-order valence-corrected chi connectivity index (χ0v) is 23.6. The van der Waals surface area contributed by atoms with Gasteiger partial charge in [0.25, 0.3) is 11.8 Å². The first-order chi connectivity index (χ1) is 21.0. The first kappa shape index (κ1) is 30.5. The number of rotatable bonds is 8. The fourth-order valence-electron chi connectivity index (χ4n) is 5.33.